The molecule has 0 spiro atoms. The van der Waals surface area contributed by atoms with Gasteiger partial charge in [0.2, 0.25) is 5.91 Å². The molecule has 0 atom stereocenters. The van der Waals surface area contributed by atoms with Crippen LogP contribution in [0.15, 0.2) is 30.5 Å². The molecule has 98 valence electrons. The number of nitrogens with one attached hydrogen (secondary N) is 2. The number of hydrogen-bond donors (Lipinski definition) is 2. The lowest BCUT2D eigenvalue weighted by molar-refractivity contribution is -0.117. The van der Waals surface area contributed by atoms with E-state index in [0.717, 1.165) is 24.0 Å². The Morgan fingerprint density at radius 2 is 2.32 bits per heavy atom. The molecule has 1 aliphatic rings. The molecule has 2 aromatic rings. The maximum Gasteiger partial charge on any atom is 0.224 e. The average Bonchev–Trinajstić information content (AvgIpc) is 2.34. The molecule has 0 bridgehead atoms. The summed E-state index contributed by atoms with van der Waals surface area (Å²) >= 11 is 6.06. The van der Waals surface area contributed by atoms with Gasteiger partial charge >= 0.3 is 0 Å². The molecule has 1 aromatic heterocycles. The van der Waals surface area contributed by atoms with Crippen LogP contribution in [0.5, 0.6) is 0 Å². The van der Waals surface area contributed by atoms with Gasteiger partial charge in [0.1, 0.15) is 0 Å². The Hall–Kier alpha value is -1.65. The molecule has 1 aliphatic heterocycles. The molecule has 2 heterocycles. The lowest BCUT2D eigenvalue weighted by Crippen LogP contribution is -2.43. The molecule has 0 radical (unpaired) electrons. The smallest absolute Gasteiger partial charge is 0.224 e. The van der Waals surface area contributed by atoms with Gasteiger partial charge < -0.3 is 10.6 Å². The number of rotatable bonds is 3. The van der Waals surface area contributed by atoms with E-state index >= 15 is 0 Å². The van der Waals surface area contributed by atoms with Crippen molar-refractivity contribution in [3.63, 3.8) is 0 Å². The van der Waals surface area contributed by atoms with Gasteiger partial charge in [-0.1, -0.05) is 17.7 Å². The van der Waals surface area contributed by atoms with Crippen LogP contribution >= 0.6 is 11.6 Å². The highest BCUT2D eigenvalue weighted by atomic mass is 35.5. The van der Waals surface area contributed by atoms with Crippen LogP contribution in [0.25, 0.3) is 10.9 Å². The Labute approximate surface area is 116 Å². The number of halogens is 1. The van der Waals surface area contributed by atoms with E-state index in [9.17, 15) is 4.79 Å². The van der Waals surface area contributed by atoms with Crippen LogP contribution in [0.1, 0.15) is 6.42 Å². The Balaban J connectivity index is 1.84. The Bertz CT molecular complexity index is 625. The predicted molar refractivity (Wildman–Crippen MR) is 76.4 cm³/mol. The van der Waals surface area contributed by atoms with E-state index in [1.165, 1.54) is 0 Å². The van der Waals surface area contributed by atoms with E-state index in [2.05, 4.69) is 15.6 Å². The number of carbonyl (C=O) groups excluding carboxylic acids is 1. The van der Waals surface area contributed by atoms with Crippen LogP contribution in [0.2, 0.25) is 5.02 Å². The van der Waals surface area contributed by atoms with Crippen molar-refractivity contribution in [1.29, 1.82) is 0 Å². The zero-order valence-electron chi connectivity index (χ0n) is 10.3. The first-order chi connectivity index (χ1) is 9.22. The standard InChI is InChI=1S/C14H14ClN3O/c15-11-5-10-2-1-3-17-14(10)12(6-11)18-13(19)4-9-7-16-8-9/h1-3,5-6,9,16H,4,7-8H2,(H,18,19). The van der Waals surface area contributed by atoms with Crippen LogP contribution in [-0.4, -0.2) is 24.0 Å². The van der Waals surface area contributed by atoms with E-state index in [-0.39, 0.29) is 5.91 Å². The summed E-state index contributed by atoms with van der Waals surface area (Å²) in [5, 5.41) is 7.59. The molecule has 1 saturated heterocycles. The second kappa shape index (κ2) is 5.15. The van der Waals surface area contributed by atoms with Gasteiger partial charge in [0, 0.05) is 23.0 Å². The summed E-state index contributed by atoms with van der Waals surface area (Å²) in [5.41, 5.74) is 1.45. The number of benzene rings is 1. The number of amides is 1. The number of hydrogen-bond acceptors (Lipinski definition) is 3. The molecule has 19 heavy (non-hydrogen) atoms. The molecule has 2 N–H and O–H groups in total. The summed E-state index contributed by atoms with van der Waals surface area (Å²) in [6.45, 7) is 1.84. The highest BCUT2D eigenvalue weighted by Gasteiger charge is 2.20. The number of pyridine rings is 1. The minimum Gasteiger partial charge on any atom is -0.324 e. The predicted octanol–water partition coefficient (Wildman–Crippen LogP) is 2.44. The van der Waals surface area contributed by atoms with Crippen LogP contribution in [0.3, 0.4) is 0 Å². The summed E-state index contributed by atoms with van der Waals surface area (Å²) in [6.07, 6.45) is 2.25. The van der Waals surface area contributed by atoms with Gasteiger partial charge in [-0.05, 0) is 37.2 Å². The molecule has 0 saturated carbocycles. The van der Waals surface area contributed by atoms with Crippen molar-refractivity contribution in [3.8, 4) is 0 Å². The van der Waals surface area contributed by atoms with E-state index in [0.29, 0.717) is 23.0 Å². The summed E-state index contributed by atoms with van der Waals surface area (Å²) in [4.78, 5) is 16.3. The fourth-order valence-corrected chi connectivity index (χ4v) is 2.43. The van der Waals surface area contributed by atoms with Crippen molar-refractivity contribution in [1.82, 2.24) is 10.3 Å². The first-order valence-electron chi connectivity index (χ1n) is 6.27. The van der Waals surface area contributed by atoms with Crippen molar-refractivity contribution in [3.05, 3.63) is 35.5 Å². The largest absolute Gasteiger partial charge is 0.324 e. The van der Waals surface area contributed by atoms with Gasteiger partial charge in [0.25, 0.3) is 0 Å². The number of nitrogens with zero attached hydrogens (tertiary/aromatic N) is 1. The minimum atomic E-state index is 0.0146. The average molecular weight is 276 g/mol. The monoisotopic (exact) mass is 275 g/mol. The van der Waals surface area contributed by atoms with Crippen molar-refractivity contribution in [2.75, 3.05) is 18.4 Å². The first kappa shape index (κ1) is 12.4. The number of fused-ring (bicyclic) bond motifs is 1. The Morgan fingerprint density at radius 1 is 1.47 bits per heavy atom. The van der Waals surface area contributed by atoms with Gasteiger partial charge in [-0.2, -0.15) is 0 Å². The van der Waals surface area contributed by atoms with Crippen molar-refractivity contribution < 1.29 is 4.79 Å². The molecule has 3 rings (SSSR count). The third kappa shape index (κ3) is 2.69. The summed E-state index contributed by atoms with van der Waals surface area (Å²) in [7, 11) is 0. The highest BCUT2D eigenvalue weighted by molar-refractivity contribution is 6.32. The molecular weight excluding hydrogens is 262 g/mol. The van der Waals surface area contributed by atoms with Crippen LogP contribution in [0, 0.1) is 5.92 Å². The molecular formula is C14H14ClN3O. The second-order valence-electron chi connectivity index (χ2n) is 4.81. The zero-order chi connectivity index (χ0) is 13.2. The summed E-state index contributed by atoms with van der Waals surface area (Å²) in [5.74, 6) is 0.458. The lowest BCUT2D eigenvalue weighted by Gasteiger charge is -2.26. The van der Waals surface area contributed by atoms with Crippen molar-refractivity contribution in [2.24, 2.45) is 5.92 Å². The fourth-order valence-electron chi connectivity index (χ4n) is 2.21. The molecule has 0 unspecified atom stereocenters. The fraction of sp³-hybridized carbons (Fsp3) is 0.286. The third-order valence-corrected chi connectivity index (χ3v) is 3.50. The molecule has 1 fully saturated rings. The van der Waals surface area contributed by atoms with E-state index in [1.54, 1.807) is 12.3 Å². The topological polar surface area (TPSA) is 54.0 Å². The van der Waals surface area contributed by atoms with E-state index in [1.807, 2.05) is 18.2 Å². The zero-order valence-corrected chi connectivity index (χ0v) is 11.1. The van der Waals surface area contributed by atoms with Gasteiger partial charge in [-0.3, -0.25) is 9.78 Å². The normalized spacial score (nSPS) is 15.2. The first-order valence-corrected chi connectivity index (χ1v) is 6.65. The Kier molecular flexibility index (Phi) is 3.36. The van der Waals surface area contributed by atoms with E-state index in [4.69, 9.17) is 11.6 Å². The van der Waals surface area contributed by atoms with Gasteiger partial charge in [-0.25, -0.2) is 0 Å². The maximum absolute atomic E-state index is 12.0. The number of aromatic nitrogens is 1. The van der Waals surface area contributed by atoms with Gasteiger partial charge in [0.05, 0.1) is 11.2 Å². The number of anilines is 1. The molecule has 5 heteroatoms. The second-order valence-corrected chi connectivity index (χ2v) is 5.24. The van der Waals surface area contributed by atoms with Crippen LogP contribution < -0.4 is 10.6 Å². The Morgan fingerprint density at radius 3 is 3.05 bits per heavy atom. The van der Waals surface area contributed by atoms with Crippen molar-refractivity contribution >= 4 is 34.1 Å². The molecule has 0 aliphatic carbocycles. The summed E-state index contributed by atoms with van der Waals surface area (Å²) in [6, 6.07) is 7.37. The quantitative estimate of drug-likeness (QED) is 0.905. The third-order valence-electron chi connectivity index (χ3n) is 3.28. The number of carbonyl (C=O) groups is 1. The molecule has 1 amide bonds. The molecule has 4 nitrogen and oxygen atoms in total. The summed E-state index contributed by atoms with van der Waals surface area (Å²) < 4.78 is 0. The highest BCUT2D eigenvalue weighted by Crippen LogP contribution is 2.26. The molecule has 1 aromatic carbocycles. The van der Waals surface area contributed by atoms with E-state index < -0.39 is 0 Å². The van der Waals surface area contributed by atoms with Crippen LogP contribution in [0.4, 0.5) is 5.69 Å². The lowest BCUT2D eigenvalue weighted by atomic mass is 9.99. The SMILES string of the molecule is O=C(CC1CNC1)Nc1cc(Cl)cc2cccnc12. The van der Waals surface area contributed by atoms with Gasteiger partial charge in [-0.15, -0.1) is 0 Å². The van der Waals surface area contributed by atoms with Crippen LogP contribution in [-0.2, 0) is 4.79 Å². The minimum absolute atomic E-state index is 0.0146. The van der Waals surface area contributed by atoms with Gasteiger partial charge in [0.15, 0.2) is 0 Å². The van der Waals surface area contributed by atoms with Crippen molar-refractivity contribution in [2.45, 2.75) is 6.42 Å². The maximum atomic E-state index is 12.0.